The number of amides is 3. The van der Waals surface area contributed by atoms with Crippen molar-refractivity contribution in [3.8, 4) is 23.0 Å². The summed E-state index contributed by atoms with van der Waals surface area (Å²) in [6.45, 7) is 3.48. The summed E-state index contributed by atoms with van der Waals surface area (Å²) in [7, 11) is 4.69. The zero-order chi connectivity index (χ0) is 52.3. The Morgan fingerprint density at radius 3 is 1.99 bits per heavy atom. The number of para-hydroxylation sites is 2. The van der Waals surface area contributed by atoms with Crippen molar-refractivity contribution in [3.05, 3.63) is 124 Å². The Hall–Kier alpha value is -7.87. The van der Waals surface area contributed by atoms with Gasteiger partial charge >= 0.3 is 5.97 Å². The maximum Gasteiger partial charge on any atom is 0.332 e. The molecule has 5 aromatic carbocycles. The Balaban J connectivity index is 0.976. The molecule has 75 heavy (non-hydrogen) atoms. The molecule has 19 nitrogen and oxygen atoms in total. The van der Waals surface area contributed by atoms with Crippen molar-refractivity contribution < 1.29 is 62.0 Å². The minimum absolute atomic E-state index is 0.0129. The van der Waals surface area contributed by atoms with E-state index in [1.54, 1.807) is 37.3 Å². The fourth-order valence-electron chi connectivity index (χ4n) is 9.85. The summed E-state index contributed by atoms with van der Waals surface area (Å²) < 4.78 is 41.5. The summed E-state index contributed by atoms with van der Waals surface area (Å²) in [6.07, 6.45) is 2.02. The van der Waals surface area contributed by atoms with Gasteiger partial charge in [-0.3, -0.25) is 19.3 Å². The minimum Gasteiger partial charge on any atom is -0.493 e. The maximum atomic E-state index is 14.2. The van der Waals surface area contributed by atoms with Crippen LogP contribution in [-0.4, -0.2) is 116 Å². The fourth-order valence-corrected chi connectivity index (χ4v) is 9.85. The van der Waals surface area contributed by atoms with Crippen molar-refractivity contribution in [2.75, 3.05) is 99.3 Å². The topological polar surface area (TPSA) is 205 Å². The van der Waals surface area contributed by atoms with Gasteiger partial charge in [0.2, 0.25) is 0 Å². The van der Waals surface area contributed by atoms with Gasteiger partial charge in [0.05, 0.1) is 75.8 Å². The molecule has 0 aromatic heterocycles. The molecule has 0 bridgehead atoms. The van der Waals surface area contributed by atoms with Crippen LogP contribution in [0.5, 0.6) is 23.0 Å². The molecule has 0 aliphatic carbocycles. The lowest BCUT2D eigenvalue weighted by Gasteiger charge is -2.33. The highest BCUT2D eigenvalue weighted by molar-refractivity contribution is 6.14. The van der Waals surface area contributed by atoms with Crippen molar-refractivity contribution in [3.63, 3.8) is 0 Å². The summed E-state index contributed by atoms with van der Waals surface area (Å²) in [6, 6.07) is 28.8. The van der Waals surface area contributed by atoms with Crippen LogP contribution in [0.2, 0.25) is 0 Å². The number of aldehydes is 1. The molecule has 9 rings (SSSR count). The van der Waals surface area contributed by atoms with Gasteiger partial charge in [0.15, 0.2) is 23.0 Å². The van der Waals surface area contributed by atoms with E-state index in [4.69, 9.17) is 38.0 Å². The normalized spacial score (nSPS) is 15.7. The second-order valence-electron chi connectivity index (χ2n) is 18.4. The number of hydrogen-bond donors (Lipinski definition) is 3. The molecule has 0 radical (unpaired) electrons. The molecule has 0 fully saturated rings. The van der Waals surface area contributed by atoms with Gasteiger partial charge in [-0.15, -0.1) is 0 Å². The van der Waals surface area contributed by atoms with Crippen LogP contribution in [0, 0.1) is 0 Å². The van der Waals surface area contributed by atoms with Crippen LogP contribution < -0.4 is 49.8 Å². The first-order valence-corrected chi connectivity index (χ1v) is 25.1. The number of anilines is 5. The summed E-state index contributed by atoms with van der Waals surface area (Å²) in [4.78, 5) is 74.4. The summed E-state index contributed by atoms with van der Waals surface area (Å²) >= 11 is 0. The fraction of sp³-hybridized carbons (Fsp3) is 0.375. The number of nitrogens with one attached hydrogen (secondary N) is 3. The number of rotatable bonds is 25. The van der Waals surface area contributed by atoms with Gasteiger partial charge in [-0.1, -0.05) is 36.4 Å². The number of fused-ring (bicyclic) bond motifs is 8. The van der Waals surface area contributed by atoms with E-state index in [0.29, 0.717) is 117 Å². The second-order valence-corrected chi connectivity index (χ2v) is 18.4. The van der Waals surface area contributed by atoms with Crippen LogP contribution in [0.1, 0.15) is 68.7 Å². The van der Waals surface area contributed by atoms with Crippen molar-refractivity contribution in [2.24, 2.45) is 0 Å². The molecule has 3 N–H and O–H groups in total. The first kappa shape index (κ1) is 52.0. The largest absolute Gasteiger partial charge is 0.493 e. The van der Waals surface area contributed by atoms with Crippen LogP contribution in [0.3, 0.4) is 0 Å². The van der Waals surface area contributed by atoms with E-state index in [0.717, 1.165) is 45.7 Å². The molecule has 4 aliphatic heterocycles. The van der Waals surface area contributed by atoms with Gasteiger partial charge in [-0.25, -0.2) is 4.79 Å². The number of carbonyl (C=O) groups excluding carboxylic acids is 5. The maximum absolute atomic E-state index is 14.2. The molecule has 4 aliphatic rings. The highest BCUT2D eigenvalue weighted by atomic mass is 16.7. The van der Waals surface area contributed by atoms with Gasteiger partial charge in [-0.05, 0) is 77.6 Å². The van der Waals surface area contributed by atoms with Crippen LogP contribution in [-0.2, 0) is 59.5 Å². The third-order valence-corrected chi connectivity index (χ3v) is 13.5. The highest BCUT2D eigenvalue weighted by Crippen LogP contribution is 2.44. The van der Waals surface area contributed by atoms with Crippen LogP contribution >= 0.6 is 0 Å². The Morgan fingerprint density at radius 2 is 1.31 bits per heavy atom. The first-order valence-electron chi connectivity index (χ1n) is 25.1. The van der Waals surface area contributed by atoms with Gasteiger partial charge in [0, 0.05) is 81.6 Å². The first-order chi connectivity index (χ1) is 36.7. The van der Waals surface area contributed by atoms with Crippen LogP contribution in [0.15, 0.2) is 91.0 Å². The number of benzene rings is 5. The van der Waals surface area contributed by atoms with E-state index in [1.807, 2.05) is 71.6 Å². The van der Waals surface area contributed by atoms with E-state index in [1.165, 1.54) is 7.11 Å². The number of carbonyl (C=O) groups is 5. The third-order valence-electron chi connectivity index (χ3n) is 13.5. The van der Waals surface area contributed by atoms with Crippen molar-refractivity contribution in [2.45, 2.75) is 63.9 Å². The quantitative estimate of drug-likeness (QED) is 0.0319. The zero-order valence-electron chi connectivity index (χ0n) is 42.4. The van der Waals surface area contributed by atoms with E-state index in [-0.39, 0.29) is 56.5 Å². The van der Waals surface area contributed by atoms with E-state index in [2.05, 4.69) is 27.1 Å². The lowest BCUT2D eigenvalue weighted by atomic mass is 10.1. The molecule has 394 valence electrons. The summed E-state index contributed by atoms with van der Waals surface area (Å²) in [5.41, 5.74) is 10.7. The number of hydrogen-bond acceptors (Lipinski definition) is 16. The molecular weight excluding hydrogens is 965 g/mol. The van der Waals surface area contributed by atoms with Gasteiger partial charge in [0.25, 0.3) is 17.7 Å². The standard InChI is InChI=1S/C56H62N6O13/c1-68-20-21-72-23-22-71-19-17-60(16-8-15-54(65)75-59-53(64)14-9-18-63)40-25-36(34-73-50-31-44-42(29-48(50)69-2)55(66)61-41(33-57-44)27-38-10-4-6-12-46(38)61)24-37(26-40)35-74-51-32-45-43(30-49(51)70-3)56(67)62-47-13-7-5-11-39(47)28-52(62)58-45/h4-7,10-13,18,24-26,29-32,41,52,57-58H,8-9,14-17,19-23,27-28,33-35H2,1-3H3,(H,59,64)/t41-,52-/m0/s1. The Bertz CT molecular complexity index is 2900. The van der Waals surface area contributed by atoms with Gasteiger partial charge in [-0.2, -0.15) is 5.48 Å². The lowest BCUT2D eigenvalue weighted by molar-refractivity contribution is -0.158. The van der Waals surface area contributed by atoms with Crippen LogP contribution in [0.4, 0.5) is 28.4 Å². The molecular formula is C56H62N6O13. The molecule has 3 amide bonds. The Kier molecular flexibility index (Phi) is 16.9. The highest BCUT2D eigenvalue weighted by Gasteiger charge is 2.40. The lowest BCUT2D eigenvalue weighted by Crippen LogP contribution is -2.46. The predicted molar refractivity (Wildman–Crippen MR) is 279 cm³/mol. The molecule has 0 spiro atoms. The van der Waals surface area contributed by atoms with E-state index >= 15 is 0 Å². The minimum atomic E-state index is -0.633. The Morgan fingerprint density at radius 1 is 0.693 bits per heavy atom. The molecule has 19 heteroatoms. The van der Waals surface area contributed by atoms with Crippen molar-refractivity contribution in [1.82, 2.24) is 5.48 Å². The van der Waals surface area contributed by atoms with E-state index in [9.17, 15) is 24.0 Å². The average molecular weight is 1030 g/mol. The predicted octanol–water partition coefficient (Wildman–Crippen LogP) is 6.63. The van der Waals surface area contributed by atoms with Crippen LogP contribution in [0.25, 0.3) is 0 Å². The van der Waals surface area contributed by atoms with Gasteiger partial charge < -0.3 is 63.2 Å². The monoisotopic (exact) mass is 1030 g/mol. The molecule has 2 atom stereocenters. The molecule has 0 saturated carbocycles. The molecule has 5 aromatic rings. The third kappa shape index (κ3) is 12.1. The van der Waals surface area contributed by atoms with Crippen molar-refractivity contribution >= 4 is 58.4 Å². The average Bonchev–Trinajstić information content (AvgIpc) is 3.96. The van der Waals surface area contributed by atoms with E-state index < -0.39 is 11.9 Å². The number of methoxy groups -OCH3 is 3. The number of nitrogens with zero attached hydrogens (tertiary/aromatic N) is 3. The Labute approximate surface area is 435 Å². The summed E-state index contributed by atoms with van der Waals surface area (Å²) in [5, 5.41) is 7.05. The number of hydroxylamine groups is 1. The summed E-state index contributed by atoms with van der Waals surface area (Å²) in [5.74, 6) is 0.189. The SMILES string of the molecule is COCCOCCOCCN(CCCC(=O)ONC(=O)CCC=O)c1cc(COc2cc3c(cc2OC)C(=O)N2c4ccccc4C[C@H]2CN3)cc(COc2cc3c(cc2OC)C(=O)N2c4ccccc4C[C@H]2N3)c1. The second kappa shape index (κ2) is 24.4. The molecule has 4 heterocycles. The molecule has 0 saturated heterocycles. The van der Waals surface area contributed by atoms with Gasteiger partial charge in [0.1, 0.15) is 25.7 Å². The smallest absolute Gasteiger partial charge is 0.332 e. The zero-order valence-corrected chi connectivity index (χ0v) is 42.4. The number of ether oxygens (including phenoxy) is 7. The van der Waals surface area contributed by atoms with Crippen molar-refractivity contribution in [1.29, 1.82) is 0 Å². The molecule has 0 unspecified atom stereocenters.